The zero-order valence-electron chi connectivity index (χ0n) is 47.3. The molecule has 0 radical (unpaired) electrons. The van der Waals surface area contributed by atoms with Gasteiger partial charge in [0, 0.05) is 27.6 Å². The second kappa shape index (κ2) is 34.9. The molecule has 12 aromatic rings. The predicted molar refractivity (Wildman–Crippen MR) is 342 cm³/mol. The van der Waals surface area contributed by atoms with Gasteiger partial charge in [-0.15, -0.1) is 0 Å². The molecule has 12 rings (SSSR count). The van der Waals surface area contributed by atoms with Crippen molar-refractivity contribution in [2.24, 2.45) is 0 Å². The Morgan fingerprint density at radius 1 is 0.345 bits per heavy atom. The molecule has 9 heteroatoms. The summed E-state index contributed by atoms with van der Waals surface area (Å²) >= 11 is 3.56. The van der Waals surface area contributed by atoms with Gasteiger partial charge in [0.2, 0.25) is 0 Å². The van der Waals surface area contributed by atoms with Crippen molar-refractivity contribution < 1.29 is 129 Å². The number of rotatable bonds is 12. The van der Waals surface area contributed by atoms with Crippen LogP contribution in [-0.4, -0.2) is 16.7 Å². The third kappa shape index (κ3) is 19.4. The van der Waals surface area contributed by atoms with Crippen molar-refractivity contribution >= 4 is 39.5 Å². The fourth-order valence-electron chi connectivity index (χ4n) is 9.42. The van der Waals surface area contributed by atoms with Gasteiger partial charge in [-0.25, -0.2) is 0 Å². The molecular formula is C75H62BrK2NO5. The molecule has 0 amide bonds. The standard InChI is InChI=1S/C36H27NO.C24H17Br.C13H12O.CH2O3.CH4.2K.H/c38-36-22-10-21-35(26-36)37(33-18-5-2-6-19-33)34-20-9-17-32(25-34)31-16-8-15-30(24-31)29-14-7-13-28(23-29)27-11-3-1-4-12-27;25-24-14-6-13-23(17-24)22-12-5-11-21(16-22)20-10-4-9-19(15-20)18-7-2-1-3-8-18;14-13-8-4-7-12(10-13)9-11-5-2-1-3-6-11;2-1-4-3;;;;/h1-26,38H;1-17H;1-8,10,14H,9H2;1,3H;1H4;;;/q;;;;;2*+1;-1/p-1. The summed E-state index contributed by atoms with van der Waals surface area (Å²) in [6.45, 7) is -0.181. The van der Waals surface area contributed by atoms with Crippen LogP contribution in [0.4, 0.5) is 17.1 Å². The Hall–Kier alpha value is -6.78. The maximum atomic E-state index is 10.2. The Kier molecular flexibility index (Phi) is 27.5. The number of anilines is 3. The number of para-hydroxylation sites is 1. The third-order valence-corrected chi connectivity index (χ3v) is 13.7. The summed E-state index contributed by atoms with van der Waals surface area (Å²) in [5, 5.41) is 27.9. The van der Waals surface area contributed by atoms with Crippen LogP contribution >= 0.6 is 15.9 Å². The first kappa shape index (κ1) is 66.4. The Morgan fingerprint density at radius 2 is 0.631 bits per heavy atom. The van der Waals surface area contributed by atoms with Crippen LogP contribution < -0.4 is 113 Å². The normalized spacial score (nSPS) is 9.93. The molecule has 0 aromatic heterocycles. The van der Waals surface area contributed by atoms with E-state index in [1.165, 1.54) is 61.2 Å². The van der Waals surface area contributed by atoms with Crippen LogP contribution in [0, 0.1) is 0 Å². The molecule has 0 atom stereocenters. The quantitative estimate of drug-likeness (QED) is 0.0548. The molecule has 0 bridgehead atoms. The van der Waals surface area contributed by atoms with Gasteiger partial charge in [0.05, 0.1) is 0 Å². The summed E-state index contributed by atoms with van der Waals surface area (Å²) < 4.78 is 1.10. The molecule has 0 heterocycles. The summed E-state index contributed by atoms with van der Waals surface area (Å²) in [7, 11) is 0. The van der Waals surface area contributed by atoms with E-state index in [0.717, 1.165) is 44.6 Å². The van der Waals surface area contributed by atoms with Crippen molar-refractivity contribution in [3.63, 3.8) is 0 Å². The van der Waals surface area contributed by atoms with E-state index in [0.29, 0.717) is 5.75 Å². The van der Waals surface area contributed by atoms with E-state index in [4.69, 9.17) is 10.1 Å². The molecule has 406 valence electrons. The van der Waals surface area contributed by atoms with E-state index in [1.54, 1.807) is 24.3 Å². The molecule has 12 aromatic carbocycles. The molecule has 0 aliphatic rings. The van der Waals surface area contributed by atoms with E-state index < -0.39 is 0 Å². The summed E-state index contributed by atoms with van der Waals surface area (Å²) in [6.07, 6.45) is 0.870. The average molecular weight is 1220 g/mol. The van der Waals surface area contributed by atoms with Crippen molar-refractivity contribution in [2.75, 3.05) is 4.90 Å². The second-order valence-electron chi connectivity index (χ2n) is 18.8. The second-order valence-corrected chi connectivity index (χ2v) is 19.7. The van der Waals surface area contributed by atoms with E-state index in [9.17, 15) is 10.2 Å². The first-order valence-corrected chi connectivity index (χ1v) is 27.2. The minimum Gasteiger partial charge on any atom is -1.00 e. The number of hydrogen-bond donors (Lipinski definition) is 2. The maximum Gasteiger partial charge on any atom is 1.00 e. The summed E-state index contributed by atoms with van der Waals surface area (Å²) in [5.74, 6) is 0.573. The van der Waals surface area contributed by atoms with Crippen molar-refractivity contribution in [1.29, 1.82) is 0 Å². The smallest absolute Gasteiger partial charge is 1.00 e. The number of benzene rings is 12. The fraction of sp³-hybridized carbons (Fsp3) is 0.0267. The minimum atomic E-state index is -0.181. The maximum absolute atomic E-state index is 10.2. The number of halogens is 1. The number of aromatic hydroxyl groups is 2. The minimum absolute atomic E-state index is 0. The Balaban J connectivity index is 0.000000242. The van der Waals surface area contributed by atoms with Crippen LogP contribution in [0.1, 0.15) is 20.0 Å². The Morgan fingerprint density at radius 3 is 1.04 bits per heavy atom. The van der Waals surface area contributed by atoms with E-state index in [1.807, 2.05) is 66.7 Å². The Bertz CT molecular complexity index is 3930. The van der Waals surface area contributed by atoms with E-state index in [-0.39, 0.29) is 124 Å². The predicted octanol–water partition coefficient (Wildman–Crippen LogP) is 13.5. The number of nitrogens with zero attached hydrogens (tertiary/aromatic N) is 1. The van der Waals surface area contributed by atoms with Gasteiger partial charge in [-0.1, -0.05) is 248 Å². The molecule has 0 aliphatic carbocycles. The number of phenolic OH excluding ortho intramolecular Hbond substituents is 2. The molecule has 0 spiro atoms. The molecule has 0 aliphatic heterocycles. The molecule has 84 heavy (non-hydrogen) atoms. The van der Waals surface area contributed by atoms with Crippen LogP contribution in [0.15, 0.2) is 320 Å². The molecule has 0 saturated heterocycles. The van der Waals surface area contributed by atoms with Gasteiger partial charge in [-0.3, -0.25) is 4.79 Å². The summed E-state index contributed by atoms with van der Waals surface area (Å²) in [5.41, 5.74) is 19.8. The number of hydrogen-bond acceptors (Lipinski definition) is 6. The van der Waals surface area contributed by atoms with Crippen LogP contribution in [0.2, 0.25) is 0 Å². The molecule has 0 saturated carbocycles. The van der Waals surface area contributed by atoms with Crippen LogP contribution in [0.5, 0.6) is 11.5 Å². The Labute approximate surface area is 589 Å². The van der Waals surface area contributed by atoms with Crippen LogP contribution in [-0.2, 0) is 16.1 Å². The number of carbonyl (C=O) groups excluding carboxylic acids is 1. The van der Waals surface area contributed by atoms with Crippen molar-refractivity contribution in [1.82, 2.24) is 0 Å². The van der Waals surface area contributed by atoms with Gasteiger partial charge in [-0.05, 0) is 169 Å². The molecule has 0 unspecified atom stereocenters. The first-order valence-electron chi connectivity index (χ1n) is 26.4. The van der Waals surface area contributed by atoms with Crippen molar-refractivity contribution in [3.05, 3.63) is 331 Å². The van der Waals surface area contributed by atoms with E-state index >= 15 is 0 Å². The zero-order chi connectivity index (χ0) is 56.0. The topological polar surface area (TPSA) is 93.1 Å². The molecule has 6 nitrogen and oxygen atoms in total. The van der Waals surface area contributed by atoms with Crippen LogP contribution in [0.25, 0.3) is 66.8 Å². The average Bonchev–Trinajstić information content (AvgIpc) is 2.55. The van der Waals surface area contributed by atoms with Crippen molar-refractivity contribution in [2.45, 2.75) is 13.8 Å². The molecule has 2 N–H and O–H groups in total. The number of phenols is 2. The van der Waals surface area contributed by atoms with Gasteiger partial charge in [0.1, 0.15) is 11.5 Å². The zero-order valence-corrected chi connectivity index (χ0v) is 54.1. The molecular weight excluding hydrogens is 1150 g/mol. The molecule has 0 fully saturated rings. The van der Waals surface area contributed by atoms with Crippen molar-refractivity contribution in [3.8, 4) is 78.3 Å². The summed E-state index contributed by atoms with van der Waals surface area (Å²) in [6, 6.07) is 108. The van der Waals surface area contributed by atoms with Gasteiger partial charge in [0.15, 0.2) is 0 Å². The fourth-order valence-corrected chi connectivity index (χ4v) is 9.82. The first-order chi connectivity index (χ1) is 39.8. The van der Waals surface area contributed by atoms with E-state index in [2.05, 4.69) is 250 Å². The summed E-state index contributed by atoms with van der Waals surface area (Å²) in [4.78, 5) is 13.4. The van der Waals surface area contributed by atoms with Gasteiger partial charge >= 0.3 is 103 Å². The monoisotopic (exact) mass is 1210 g/mol. The SMILES string of the molecule is Brc1cccc(-c2cccc(-c3cccc(-c4ccccc4)c3)c2)c1.C.O=CO[O-].Oc1cccc(Cc2ccccc2)c1.Oc1cccc(N(c2ccccc2)c2cccc(-c3cccc(-c4cccc(-c5ccccc5)c4)c3)c2)c1.[H-].[K+].[K+]. The van der Waals surface area contributed by atoms with Gasteiger partial charge < -0.3 is 26.7 Å². The van der Waals surface area contributed by atoms with Crippen LogP contribution in [0.3, 0.4) is 0 Å². The van der Waals surface area contributed by atoms with Gasteiger partial charge in [0.25, 0.3) is 6.47 Å². The van der Waals surface area contributed by atoms with Gasteiger partial charge in [-0.2, -0.15) is 0 Å². The number of carbonyl (C=O) groups is 1. The third-order valence-electron chi connectivity index (χ3n) is 13.2. The largest absolute Gasteiger partial charge is 1.00 e.